The van der Waals surface area contributed by atoms with Crippen molar-refractivity contribution in [2.24, 2.45) is 0 Å². The Bertz CT molecular complexity index is 1060. The molecular weight excluding hydrogens is 442 g/mol. The lowest BCUT2D eigenvalue weighted by Gasteiger charge is -2.33. The second-order valence-electron chi connectivity index (χ2n) is 8.10. The minimum Gasteiger partial charge on any atom is -0.497 e. The van der Waals surface area contributed by atoms with Gasteiger partial charge in [-0.3, -0.25) is 14.6 Å². The zero-order valence-corrected chi connectivity index (χ0v) is 19.6. The highest BCUT2D eigenvalue weighted by molar-refractivity contribution is 6.31. The number of aromatic nitrogens is 2. The number of hydrogen-bond acceptors (Lipinski definition) is 7. The van der Waals surface area contributed by atoms with Crippen molar-refractivity contribution in [2.75, 3.05) is 39.8 Å². The van der Waals surface area contributed by atoms with Gasteiger partial charge < -0.3 is 14.6 Å². The Kier molecular flexibility index (Phi) is 7.59. The van der Waals surface area contributed by atoms with Gasteiger partial charge in [0.15, 0.2) is 0 Å². The second-order valence-corrected chi connectivity index (χ2v) is 8.51. The molecule has 2 heterocycles. The molecule has 1 aliphatic rings. The van der Waals surface area contributed by atoms with Gasteiger partial charge in [-0.2, -0.15) is 4.98 Å². The highest BCUT2D eigenvalue weighted by atomic mass is 35.5. The molecule has 1 unspecified atom stereocenters. The normalized spacial score (nSPS) is 15.8. The minimum atomic E-state index is -0.134. The SMILES string of the molecule is COc1ccc(-c2noc(CN3CCN(CC(=O)NC(C)c4ccccc4Cl)CC3)n2)cc1. The van der Waals surface area contributed by atoms with E-state index in [4.69, 9.17) is 20.9 Å². The lowest BCUT2D eigenvalue weighted by Crippen LogP contribution is -2.49. The van der Waals surface area contributed by atoms with E-state index in [1.54, 1.807) is 7.11 Å². The van der Waals surface area contributed by atoms with Gasteiger partial charge in [0.05, 0.1) is 26.2 Å². The molecule has 1 amide bonds. The number of rotatable bonds is 8. The van der Waals surface area contributed by atoms with Gasteiger partial charge in [-0.15, -0.1) is 0 Å². The fourth-order valence-electron chi connectivity index (χ4n) is 3.87. The van der Waals surface area contributed by atoms with Gasteiger partial charge in [-0.25, -0.2) is 0 Å². The molecule has 9 heteroatoms. The number of nitrogens with one attached hydrogen (secondary N) is 1. The van der Waals surface area contributed by atoms with E-state index < -0.39 is 0 Å². The topological polar surface area (TPSA) is 83.7 Å². The van der Waals surface area contributed by atoms with Gasteiger partial charge in [0.1, 0.15) is 5.75 Å². The van der Waals surface area contributed by atoms with E-state index in [9.17, 15) is 4.79 Å². The van der Waals surface area contributed by atoms with E-state index >= 15 is 0 Å². The van der Waals surface area contributed by atoms with Gasteiger partial charge in [0.2, 0.25) is 17.6 Å². The average Bonchev–Trinajstić information content (AvgIpc) is 3.29. The highest BCUT2D eigenvalue weighted by Gasteiger charge is 2.22. The van der Waals surface area contributed by atoms with Gasteiger partial charge in [-0.05, 0) is 42.8 Å². The van der Waals surface area contributed by atoms with E-state index in [1.807, 2.05) is 55.5 Å². The van der Waals surface area contributed by atoms with Crippen molar-refractivity contribution in [2.45, 2.75) is 19.5 Å². The third kappa shape index (κ3) is 6.10. The molecule has 3 aromatic rings. The van der Waals surface area contributed by atoms with Gasteiger partial charge >= 0.3 is 0 Å². The third-order valence-corrected chi connectivity index (χ3v) is 6.10. The van der Waals surface area contributed by atoms with Crippen LogP contribution >= 0.6 is 11.6 Å². The fourth-order valence-corrected chi connectivity index (χ4v) is 4.17. The number of piperazine rings is 1. The molecule has 1 fully saturated rings. The molecular formula is C24H28ClN5O3. The molecule has 0 aliphatic carbocycles. The molecule has 2 aromatic carbocycles. The van der Waals surface area contributed by atoms with Crippen LogP contribution in [0.3, 0.4) is 0 Å². The van der Waals surface area contributed by atoms with Crippen LogP contribution < -0.4 is 10.1 Å². The van der Waals surface area contributed by atoms with E-state index in [2.05, 4.69) is 25.3 Å². The molecule has 1 atom stereocenters. The average molecular weight is 470 g/mol. The Morgan fingerprint density at radius 2 is 1.82 bits per heavy atom. The fraction of sp³-hybridized carbons (Fsp3) is 0.375. The summed E-state index contributed by atoms with van der Waals surface area (Å²) in [7, 11) is 1.63. The van der Waals surface area contributed by atoms with E-state index in [0.29, 0.717) is 29.8 Å². The van der Waals surface area contributed by atoms with Crippen molar-refractivity contribution >= 4 is 17.5 Å². The van der Waals surface area contributed by atoms with Crippen molar-refractivity contribution < 1.29 is 14.1 Å². The number of carbonyl (C=O) groups excluding carboxylic acids is 1. The van der Waals surface area contributed by atoms with Gasteiger partial charge in [0.25, 0.3) is 0 Å². The summed E-state index contributed by atoms with van der Waals surface area (Å²) in [6.07, 6.45) is 0. The largest absolute Gasteiger partial charge is 0.497 e. The first-order valence-electron chi connectivity index (χ1n) is 11.0. The van der Waals surface area contributed by atoms with Crippen molar-refractivity contribution in [3.8, 4) is 17.1 Å². The summed E-state index contributed by atoms with van der Waals surface area (Å²) in [4.78, 5) is 21.4. The molecule has 8 nitrogen and oxygen atoms in total. The molecule has 33 heavy (non-hydrogen) atoms. The van der Waals surface area contributed by atoms with Crippen LogP contribution in [-0.2, 0) is 11.3 Å². The van der Waals surface area contributed by atoms with Crippen molar-refractivity contribution in [1.29, 1.82) is 0 Å². The molecule has 0 radical (unpaired) electrons. The maximum absolute atomic E-state index is 12.5. The maximum atomic E-state index is 12.5. The molecule has 1 aliphatic heterocycles. The highest BCUT2D eigenvalue weighted by Crippen LogP contribution is 2.22. The van der Waals surface area contributed by atoms with Crippen LogP contribution in [0.25, 0.3) is 11.4 Å². The first-order valence-corrected chi connectivity index (χ1v) is 11.3. The summed E-state index contributed by atoms with van der Waals surface area (Å²) in [5, 5.41) is 7.80. The van der Waals surface area contributed by atoms with Crippen molar-refractivity contribution in [1.82, 2.24) is 25.3 Å². The molecule has 1 aromatic heterocycles. The number of amides is 1. The van der Waals surface area contributed by atoms with E-state index in [1.165, 1.54) is 0 Å². The summed E-state index contributed by atoms with van der Waals surface area (Å²) in [6, 6.07) is 15.0. The Morgan fingerprint density at radius 3 is 2.52 bits per heavy atom. The zero-order valence-electron chi connectivity index (χ0n) is 18.8. The summed E-state index contributed by atoms with van der Waals surface area (Å²) >= 11 is 6.24. The van der Waals surface area contributed by atoms with Gasteiger partial charge in [-0.1, -0.05) is 35.0 Å². The number of ether oxygens (including phenoxy) is 1. The molecule has 1 saturated heterocycles. The van der Waals surface area contributed by atoms with Crippen molar-refractivity contribution in [3.63, 3.8) is 0 Å². The zero-order chi connectivity index (χ0) is 23.2. The number of methoxy groups -OCH3 is 1. The quantitative estimate of drug-likeness (QED) is 0.541. The molecule has 4 rings (SSSR count). The Morgan fingerprint density at radius 1 is 1.12 bits per heavy atom. The van der Waals surface area contributed by atoms with E-state index in [0.717, 1.165) is 43.1 Å². The van der Waals surface area contributed by atoms with Crippen LogP contribution in [0.2, 0.25) is 5.02 Å². The molecule has 0 spiro atoms. The Balaban J connectivity index is 1.22. The van der Waals surface area contributed by atoms with Crippen LogP contribution in [-0.4, -0.2) is 65.7 Å². The minimum absolute atomic E-state index is 0.00287. The number of carbonyl (C=O) groups is 1. The predicted octanol–water partition coefficient (Wildman–Crippen LogP) is 3.39. The van der Waals surface area contributed by atoms with Crippen LogP contribution in [0.15, 0.2) is 53.1 Å². The van der Waals surface area contributed by atoms with Gasteiger partial charge in [0, 0.05) is 36.8 Å². The number of hydrogen-bond donors (Lipinski definition) is 1. The Labute approximate surface area is 198 Å². The smallest absolute Gasteiger partial charge is 0.241 e. The molecule has 174 valence electrons. The lowest BCUT2D eigenvalue weighted by molar-refractivity contribution is -0.123. The summed E-state index contributed by atoms with van der Waals surface area (Å²) in [5.41, 5.74) is 1.80. The lowest BCUT2D eigenvalue weighted by atomic mass is 10.1. The van der Waals surface area contributed by atoms with Crippen LogP contribution in [0, 0.1) is 0 Å². The summed E-state index contributed by atoms with van der Waals surface area (Å²) in [6.45, 7) is 6.15. The first-order chi connectivity index (χ1) is 16.0. The number of halogens is 1. The van der Waals surface area contributed by atoms with E-state index in [-0.39, 0.29) is 11.9 Å². The Hall–Kier alpha value is -2.94. The summed E-state index contributed by atoms with van der Waals surface area (Å²) < 4.78 is 10.6. The monoisotopic (exact) mass is 469 g/mol. The first kappa shape index (κ1) is 23.2. The van der Waals surface area contributed by atoms with Crippen LogP contribution in [0.5, 0.6) is 5.75 Å². The van der Waals surface area contributed by atoms with Crippen LogP contribution in [0.4, 0.5) is 0 Å². The third-order valence-electron chi connectivity index (χ3n) is 5.76. The number of nitrogens with zero attached hydrogens (tertiary/aromatic N) is 4. The maximum Gasteiger partial charge on any atom is 0.241 e. The molecule has 1 N–H and O–H groups in total. The van der Waals surface area contributed by atoms with Crippen molar-refractivity contribution in [3.05, 3.63) is 65.0 Å². The molecule has 0 saturated carbocycles. The molecule has 0 bridgehead atoms. The standard InChI is InChI=1S/C24H28ClN5O3/c1-17(20-5-3-4-6-21(20)25)26-22(31)15-29-11-13-30(14-12-29)16-23-27-24(28-33-23)18-7-9-19(32-2)10-8-18/h3-10,17H,11-16H2,1-2H3,(H,26,31). The van der Waals surface area contributed by atoms with Crippen LogP contribution in [0.1, 0.15) is 24.4 Å². The summed E-state index contributed by atoms with van der Waals surface area (Å²) in [5.74, 6) is 1.93. The predicted molar refractivity (Wildman–Crippen MR) is 126 cm³/mol. The second kappa shape index (κ2) is 10.8. The number of benzene rings is 2.